The Morgan fingerprint density at radius 1 is 0.628 bits per heavy atom. The second-order valence-electron chi connectivity index (χ2n) is 10.8. The van der Waals surface area contributed by atoms with Gasteiger partial charge in [-0.3, -0.25) is 24.0 Å². The maximum atomic E-state index is 12.5. The van der Waals surface area contributed by atoms with Crippen molar-refractivity contribution in [3.05, 3.63) is 70.3 Å². The summed E-state index contributed by atoms with van der Waals surface area (Å²) in [6.07, 6.45) is -3.35. The van der Waals surface area contributed by atoms with E-state index in [-0.39, 0.29) is 6.61 Å². The lowest BCUT2D eigenvalue weighted by Gasteiger charge is -2.48. The van der Waals surface area contributed by atoms with Gasteiger partial charge >= 0.3 is 29.8 Å². The van der Waals surface area contributed by atoms with Crippen LogP contribution in [-0.2, 0) is 60.5 Å². The van der Waals surface area contributed by atoms with E-state index in [1.807, 2.05) is 25.1 Å². The number of rotatable bonds is 10. The Morgan fingerprint density at radius 3 is 1.67 bits per heavy atom. The smallest absolute Gasteiger partial charge is 0.303 e. The van der Waals surface area contributed by atoms with E-state index >= 15 is 0 Å². The van der Waals surface area contributed by atoms with Gasteiger partial charge in [0.2, 0.25) is 0 Å². The van der Waals surface area contributed by atoms with Gasteiger partial charge in [-0.1, -0.05) is 49.4 Å². The molecule has 2 aromatic carbocycles. The highest BCUT2D eigenvalue weighted by Gasteiger charge is 2.58. The fraction of sp³-hybridized carbons (Fsp3) is 0.485. The van der Waals surface area contributed by atoms with E-state index in [0.717, 1.165) is 23.1 Å². The van der Waals surface area contributed by atoms with E-state index in [1.54, 1.807) is 0 Å². The van der Waals surface area contributed by atoms with Crippen molar-refractivity contribution in [1.29, 1.82) is 0 Å². The normalized spacial score (nSPS) is 23.0. The van der Waals surface area contributed by atoms with Crippen molar-refractivity contribution in [2.75, 3.05) is 6.61 Å². The predicted molar refractivity (Wildman–Crippen MR) is 155 cm³/mol. The molecule has 232 valence electrons. The van der Waals surface area contributed by atoms with E-state index in [0.29, 0.717) is 12.0 Å². The van der Waals surface area contributed by atoms with Crippen LogP contribution in [0.25, 0.3) is 0 Å². The maximum Gasteiger partial charge on any atom is 0.303 e. The van der Waals surface area contributed by atoms with Gasteiger partial charge in [-0.25, -0.2) is 0 Å². The van der Waals surface area contributed by atoms with Crippen LogP contribution in [0.5, 0.6) is 0 Å². The van der Waals surface area contributed by atoms with Gasteiger partial charge in [-0.2, -0.15) is 0 Å². The molecule has 0 spiro atoms. The van der Waals surface area contributed by atoms with Crippen LogP contribution in [0.15, 0.2) is 42.5 Å². The summed E-state index contributed by atoms with van der Waals surface area (Å²) in [4.78, 5) is 61.4. The molecule has 0 N–H and O–H groups in total. The van der Waals surface area contributed by atoms with Crippen molar-refractivity contribution in [2.45, 2.75) is 91.6 Å². The van der Waals surface area contributed by atoms with E-state index in [4.69, 9.17) is 23.7 Å². The number of esters is 5. The average molecular weight is 597 g/mol. The molecule has 1 fully saturated rings. The van der Waals surface area contributed by atoms with Crippen molar-refractivity contribution in [3.8, 4) is 0 Å². The summed E-state index contributed by atoms with van der Waals surface area (Å²) in [5.41, 5.74) is 4.94. The zero-order valence-corrected chi connectivity index (χ0v) is 25.7. The summed E-state index contributed by atoms with van der Waals surface area (Å²) >= 11 is 0. The first kappa shape index (κ1) is 33.3. The highest BCUT2D eigenvalue weighted by atomic mass is 16.6. The quantitative estimate of drug-likeness (QED) is 0.291. The van der Waals surface area contributed by atoms with E-state index in [9.17, 15) is 24.0 Å². The highest BCUT2D eigenvalue weighted by Crippen LogP contribution is 2.44. The summed E-state index contributed by atoms with van der Waals surface area (Å²) < 4.78 is 28.2. The van der Waals surface area contributed by atoms with Gasteiger partial charge in [0.1, 0.15) is 12.7 Å². The molecular formula is C33H40O10. The van der Waals surface area contributed by atoms with E-state index in [1.165, 1.54) is 40.2 Å². The molecule has 0 aliphatic heterocycles. The Bertz CT molecular complexity index is 1330. The zero-order valence-electron chi connectivity index (χ0n) is 25.7. The first-order valence-corrected chi connectivity index (χ1v) is 14.3. The highest BCUT2D eigenvalue weighted by molar-refractivity contribution is 5.69. The molecular weight excluding hydrogens is 556 g/mol. The molecule has 1 saturated carbocycles. The summed E-state index contributed by atoms with van der Waals surface area (Å²) in [5, 5.41) is 0. The molecule has 0 heterocycles. The monoisotopic (exact) mass is 596 g/mol. The van der Waals surface area contributed by atoms with Gasteiger partial charge in [0.15, 0.2) is 18.3 Å². The number of benzene rings is 2. The van der Waals surface area contributed by atoms with Crippen LogP contribution in [0.2, 0.25) is 0 Å². The lowest BCUT2D eigenvalue weighted by atomic mass is 9.70. The first-order valence-electron chi connectivity index (χ1n) is 14.3. The van der Waals surface area contributed by atoms with Crippen molar-refractivity contribution in [3.63, 3.8) is 0 Å². The summed E-state index contributed by atoms with van der Waals surface area (Å²) in [7, 11) is 0. The lowest BCUT2D eigenvalue weighted by molar-refractivity contribution is -0.222. The largest absolute Gasteiger partial charge is 0.465 e. The van der Waals surface area contributed by atoms with Crippen LogP contribution in [0.4, 0.5) is 0 Å². The first-order chi connectivity index (χ1) is 20.3. The Hall–Kier alpha value is -4.21. The summed E-state index contributed by atoms with van der Waals surface area (Å²) in [5.74, 6) is -5.23. The summed E-state index contributed by atoms with van der Waals surface area (Å²) in [6.45, 7) is 9.74. The van der Waals surface area contributed by atoms with Gasteiger partial charge in [-0.15, -0.1) is 0 Å². The Morgan fingerprint density at radius 2 is 1.14 bits per heavy atom. The molecule has 0 radical (unpaired) electrons. The number of aryl methyl sites for hydroxylation is 2. The SMILES string of the molecule is CCc1ccc(Cc2cc([C@H]3[C@H](OC(C)=O)[C@@H](OC(C)=O)[C@H](OC(C)=O)[C@@H](COC(C)=O)[C@@H]3OC(C)=O)ccc2C)cc1. The van der Waals surface area contributed by atoms with Crippen LogP contribution in [0.1, 0.15) is 75.3 Å². The minimum Gasteiger partial charge on any atom is -0.465 e. The molecule has 10 nitrogen and oxygen atoms in total. The lowest BCUT2D eigenvalue weighted by Crippen LogP contribution is -2.62. The molecule has 0 aromatic heterocycles. The van der Waals surface area contributed by atoms with Gasteiger partial charge < -0.3 is 23.7 Å². The molecule has 1 aliphatic carbocycles. The van der Waals surface area contributed by atoms with Gasteiger partial charge in [0.25, 0.3) is 0 Å². The van der Waals surface area contributed by atoms with Crippen molar-refractivity contribution >= 4 is 29.8 Å². The van der Waals surface area contributed by atoms with Gasteiger partial charge in [-0.05, 0) is 47.6 Å². The minimum atomic E-state index is -1.30. The van der Waals surface area contributed by atoms with Crippen LogP contribution in [-0.4, -0.2) is 60.9 Å². The second kappa shape index (κ2) is 14.8. The van der Waals surface area contributed by atoms with Crippen LogP contribution < -0.4 is 0 Å². The zero-order chi connectivity index (χ0) is 31.8. The summed E-state index contributed by atoms with van der Waals surface area (Å²) in [6, 6.07) is 14.0. The Balaban J connectivity index is 2.22. The molecule has 3 rings (SSSR count). The van der Waals surface area contributed by atoms with Crippen LogP contribution >= 0.6 is 0 Å². The molecule has 1 aliphatic rings. The molecule has 0 saturated heterocycles. The number of carbonyl (C=O) groups is 5. The predicted octanol–water partition coefficient (Wildman–Crippen LogP) is 4.15. The Labute approximate surface area is 252 Å². The van der Waals surface area contributed by atoms with Crippen molar-refractivity contribution in [2.24, 2.45) is 5.92 Å². The van der Waals surface area contributed by atoms with Crippen molar-refractivity contribution in [1.82, 2.24) is 0 Å². The fourth-order valence-corrected chi connectivity index (χ4v) is 5.62. The Kier molecular flexibility index (Phi) is 11.5. The fourth-order valence-electron chi connectivity index (χ4n) is 5.62. The van der Waals surface area contributed by atoms with Crippen LogP contribution in [0.3, 0.4) is 0 Å². The minimum absolute atomic E-state index is 0.325. The molecule has 10 heteroatoms. The third-order valence-electron chi connectivity index (χ3n) is 7.47. The van der Waals surface area contributed by atoms with E-state index in [2.05, 4.69) is 31.2 Å². The van der Waals surface area contributed by atoms with Gasteiger partial charge in [0, 0.05) is 34.6 Å². The third kappa shape index (κ3) is 8.89. The number of ether oxygens (including phenoxy) is 5. The third-order valence-corrected chi connectivity index (χ3v) is 7.47. The van der Waals surface area contributed by atoms with Gasteiger partial charge in [0.05, 0.1) is 11.8 Å². The number of carbonyl (C=O) groups excluding carboxylic acids is 5. The second-order valence-corrected chi connectivity index (χ2v) is 10.8. The number of hydrogen-bond acceptors (Lipinski definition) is 10. The molecule has 0 bridgehead atoms. The topological polar surface area (TPSA) is 132 Å². The maximum absolute atomic E-state index is 12.5. The standard InChI is InChI=1S/C33H40O10/c1-8-24-10-12-25(13-11-24)15-27-16-26(14-9-18(27)2)29-30(40-20(4)35)28(17-39-19(3)34)31(41-21(5)36)33(43-23(7)38)32(29)42-22(6)37/h9-14,16,28-33H,8,15,17H2,1-7H3/t28-,29+,30-,31+,32-,33-/m0/s1. The molecule has 6 atom stereocenters. The average Bonchev–Trinajstić information content (AvgIpc) is 2.91. The van der Waals surface area contributed by atoms with Crippen molar-refractivity contribution < 1.29 is 47.7 Å². The molecule has 0 unspecified atom stereocenters. The molecule has 43 heavy (non-hydrogen) atoms. The van der Waals surface area contributed by atoms with E-state index < -0.39 is 66.1 Å². The number of hydrogen-bond donors (Lipinski definition) is 0. The molecule has 0 amide bonds. The van der Waals surface area contributed by atoms with Crippen LogP contribution in [0, 0.1) is 12.8 Å². The molecule has 2 aromatic rings.